The van der Waals surface area contributed by atoms with E-state index >= 15 is 0 Å². The van der Waals surface area contributed by atoms with Crippen molar-refractivity contribution in [3.8, 4) is 0 Å². The number of aromatic nitrogens is 4. The first-order valence-corrected chi connectivity index (χ1v) is 8.86. The van der Waals surface area contributed by atoms with Crippen molar-refractivity contribution < 1.29 is 9.21 Å². The van der Waals surface area contributed by atoms with Crippen molar-refractivity contribution >= 4 is 46.3 Å². The zero-order valence-corrected chi connectivity index (χ0v) is 14.7. The average molecular weight is 378 g/mol. The van der Waals surface area contributed by atoms with Crippen LogP contribution in [0.2, 0.25) is 0 Å². The highest BCUT2D eigenvalue weighted by molar-refractivity contribution is 7.99. The summed E-state index contributed by atoms with van der Waals surface area (Å²) in [5.41, 5.74) is 3.51. The highest BCUT2D eigenvalue weighted by Gasteiger charge is 2.12. The number of furan rings is 1. The predicted molar refractivity (Wildman–Crippen MR) is 96.3 cm³/mol. The number of anilines is 2. The number of nitrogens with one attached hydrogen (secondary N) is 2. The molecule has 1 amide bonds. The van der Waals surface area contributed by atoms with Crippen molar-refractivity contribution in [2.75, 3.05) is 22.3 Å². The Morgan fingerprint density at radius 2 is 2.44 bits per heavy atom. The van der Waals surface area contributed by atoms with Gasteiger partial charge in [0.05, 0.1) is 23.9 Å². The Hall–Kier alpha value is -2.86. The van der Waals surface area contributed by atoms with Gasteiger partial charge in [-0.1, -0.05) is 11.8 Å². The fourth-order valence-electron chi connectivity index (χ4n) is 1.67. The minimum atomic E-state index is -0.201. The predicted octanol–water partition coefficient (Wildman–Crippen LogP) is 1.53. The van der Waals surface area contributed by atoms with Gasteiger partial charge >= 0.3 is 0 Å². The smallest absolute Gasteiger partial charge is 0.264 e. The van der Waals surface area contributed by atoms with Crippen LogP contribution in [-0.4, -0.2) is 37.7 Å². The molecule has 0 aromatic carbocycles. The van der Waals surface area contributed by atoms with Crippen LogP contribution in [0.4, 0.5) is 11.1 Å². The summed E-state index contributed by atoms with van der Waals surface area (Å²) in [6, 6.07) is 3.50. The van der Waals surface area contributed by atoms with Gasteiger partial charge in [0.15, 0.2) is 5.13 Å². The van der Waals surface area contributed by atoms with E-state index in [4.69, 9.17) is 10.3 Å². The molecule has 0 aliphatic heterocycles. The molecule has 0 spiro atoms. The van der Waals surface area contributed by atoms with E-state index in [1.165, 1.54) is 22.2 Å². The number of hydrazone groups is 1. The topological polar surface area (TPSA) is 136 Å². The van der Waals surface area contributed by atoms with E-state index < -0.39 is 0 Å². The van der Waals surface area contributed by atoms with Crippen LogP contribution < -0.4 is 16.6 Å². The molecule has 3 aromatic rings. The molecule has 0 aliphatic rings. The Morgan fingerprint density at radius 3 is 3.16 bits per heavy atom. The van der Waals surface area contributed by atoms with Crippen molar-refractivity contribution in [2.45, 2.75) is 12.1 Å². The molecule has 12 heteroatoms. The average Bonchev–Trinajstić information content (AvgIpc) is 3.30. The summed E-state index contributed by atoms with van der Waals surface area (Å²) in [5.74, 6) is 6.62. The number of rotatable bonds is 7. The number of thioether (sulfide) groups is 1. The Morgan fingerprint density at radius 1 is 1.56 bits per heavy atom. The van der Waals surface area contributed by atoms with E-state index in [1.807, 2.05) is 12.3 Å². The lowest BCUT2D eigenvalue weighted by Crippen LogP contribution is -2.16. The maximum absolute atomic E-state index is 11.9. The molecule has 3 rings (SSSR count). The van der Waals surface area contributed by atoms with Gasteiger partial charge in [0.25, 0.3) is 5.95 Å². The largest absolute Gasteiger partial charge is 0.463 e. The fourth-order valence-corrected chi connectivity index (χ4v) is 3.03. The van der Waals surface area contributed by atoms with Gasteiger partial charge in [-0.25, -0.2) is 15.1 Å². The second-order valence-electron chi connectivity index (χ2n) is 4.69. The maximum Gasteiger partial charge on any atom is 0.264 e. The molecule has 0 atom stereocenters. The summed E-state index contributed by atoms with van der Waals surface area (Å²) in [7, 11) is 0. The summed E-state index contributed by atoms with van der Waals surface area (Å²) in [6.07, 6.45) is 3.02. The molecule has 10 nitrogen and oxygen atoms in total. The third-order valence-electron chi connectivity index (χ3n) is 2.76. The molecule has 0 saturated heterocycles. The summed E-state index contributed by atoms with van der Waals surface area (Å²) in [5, 5.41) is 17.2. The Kier molecular flexibility index (Phi) is 5.30. The molecule has 0 bridgehead atoms. The van der Waals surface area contributed by atoms with Gasteiger partial charge in [0.1, 0.15) is 5.76 Å². The molecule has 0 fully saturated rings. The lowest BCUT2D eigenvalue weighted by Gasteiger charge is -2.03. The zero-order valence-electron chi connectivity index (χ0n) is 13.0. The van der Waals surface area contributed by atoms with Crippen LogP contribution in [0.3, 0.4) is 0 Å². The summed E-state index contributed by atoms with van der Waals surface area (Å²) < 4.78 is 6.32. The number of carbonyl (C=O) groups is 1. The second kappa shape index (κ2) is 7.81. The first kappa shape index (κ1) is 17.0. The zero-order chi connectivity index (χ0) is 17.6. The van der Waals surface area contributed by atoms with Gasteiger partial charge in [-0.05, 0) is 19.1 Å². The molecule has 3 heterocycles. The molecular weight excluding hydrogens is 364 g/mol. The highest BCUT2D eigenvalue weighted by Crippen LogP contribution is 2.18. The maximum atomic E-state index is 11.9. The second-order valence-corrected chi connectivity index (χ2v) is 6.49. The molecule has 0 saturated carbocycles. The third kappa shape index (κ3) is 4.58. The van der Waals surface area contributed by atoms with Gasteiger partial charge in [0, 0.05) is 5.38 Å². The van der Waals surface area contributed by atoms with Crippen molar-refractivity contribution in [2.24, 2.45) is 5.10 Å². The van der Waals surface area contributed by atoms with E-state index in [1.54, 1.807) is 18.4 Å². The summed E-state index contributed by atoms with van der Waals surface area (Å²) in [4.78, 5) is 16.1. The Balaban J connectivity index is 1.51. The number of nitrogen functional groups attached to an aromatic ring is 1. The van der Waals surface area contributed by atoms with Crippen LogP contribution in [0.1, 0.15) is 11.5 Å². The van der Waals surface area contributed by atoms with Crippen molar-refractivity contribution in [3.63, 3.8) is 0 Å². The van der Waals surface area contributed by atoms with Crippen LogP contribution >= 0.6 is 23.1 Å². The number of aryl methyl sites for hydroxylation is 1. The van der Waals surface area contributed by atoms with Gasteiger partial charge in [-0.3, -0.25) is 4.79 Å². The first-order chi connectivity index (χ1) is 12.1. The van der Waals surface area contributed by atoms with E-state index in [9.17, 15) is 4.79 Å². The van der Waals surface area contributed by atoms with Crippen LogP contribution in [0.15, 0.2) is 38.5 Å². The normalized spacial score (nSPS) is 11.1. The minimum absolute atomic E-state index is 0.129. The van der Waals surface area contributed by atoms with Crippen molar-refractivity contribution in [1.82, 2.24) is 19.9 Å². The fraction of sp³-hybridized carbons (Fsp3) is 0.154. The first-order valence-electron chi connectivity index (χ1n) is 6.99. The van der Waals surface area contributed by atoms with Crippen LogP contribution in [-0.2, 0) is 4.79 Å². The molecular formula is C13H14N8O2S2. The molecule has 0 radical (unpaired) electrons. The number of hydrogen-bond donors (Lipinski definition) is 3. The molecule has 25 heavy (non-hydrogen) atoms. The van der Waals surface area contributed by atoms with Crippen LogP contribution in [0.5, 0.6) is 0 Å². The van der Waals surface area contributed by atoms with Gasteiger partial charge in [0.2, 0.25) is 11.1 Å². The van der Waals surface area contributed by atoms with E-state index in [0.717, 1.165) is 17.5 Å². The molecule has 3 aromatic heterocycles. The number of nitrogens with zero attached hydrogens (tertiary/aromatic N) is 5. The summed E-state index contributed by atoms with van der Waals surface area (Å²) in [6.45, 7) is 1.86. The Bertz CT molecular complexity index is 871. The summed E-state index contributed by atoms with van der Waals surface area (Å²) >= 11 is 2.52. The van der Waals surface area contributed by atoms with Gasteiger partial charge in [-0.15, -0.1) is 21.5 Å². The molecule has 0 unspecified atom stereocenters. The molecule has 4 N–H and O–H groups in total. The van der Waals surface area contributed by atoms with Gasteiger partial charge in [-0.2, -0.15) is 5.10 Å². The minimum Gasteiger partial charge on any atom is -0.463 e. The van der Waals surface area contributed by atoms with E-state index in [-0.39, 0.29) is 17.6 Å². The number of nitrogens with two attached hydrogens (primary N) is 1. The molecule has 0 aliphatic carbocycles. The van der Waals surface area contributed by atoms with Crippen LogP contribution in [0, 0.1) is 6.92 Å². The number of thiazole rings is 1. The molecule has 130 valence electrons. The number of carbonyl (C=O) groups excluding carboxylic acids is 1. The van der Waals surface area contributed by atoms with Crippen molar-refractivity contribution in [1.29, 1.82) is 0 Å². The lowest BCUT2D eigenvalue weighted by atomic mass is 10.5. The standard InChI is InChI=1S/C13H14N8O2S2/c1-8-6-24-12(16-8)17-10(22)7-25-13-20-19-11(21(13)14)18-15-5-9-3-2-4-23-9/h2-6H,7,14H2,1H3,(H,18,19)(H,16,17,22)/b15-5+. The van der Waals surface area contributed by atoms with Crippen LogP contribution in [0.25, 0.3) is 0 Å². The lowest BCUT2D eigenvalue weighted by molar-refractivity contribution is -0.113. The highest BCUT2D eigenvalue weighted by atomic mass is 32.2. The van der Waals surface area contributed by atoms with E-state index in [2.05, 4.69) is 31.0 Å². The van der Waals surface area contributed by atoms with E-state index in [0.29, 0.717) is 16.0 Å². The quantitative estimate of drug-likeness (QED) is 0.244. The van der Waals surface area contributed by atoms with Gasteiger partial charge < -0.3 is 15.6 Å². The van der Waals surface area contributed by atoms with Crippen molar-refractivity contribution in [3.05, 3.63) is 35.2 Å². The number of amides is 1. The Labute approximate surface area is 150 Å². The monoisotopic (exact) mass is 378 g/mol. The third-order valence-corrected chi connectivity index (χ3v) is 4.58. The number of hydrogen-bond acceptors (Lipinski definition) is 10. The SMILES string of the molecule is Cc1csc(NC(=O)CSc2nnc(N/N=C/c3ccco3)n2N)n1.